The van der Waals surface area contributed by atoms with E-state index < -0.39 is 17.8 Å². The van der Waals surface area contributed by atoms with Crippen LogP contribution >= 0.6 is 39.4 Å². The Balaban J connectivity index is 0.000000338. The quantitative estimate of drug-likeness (QED) is 0.0645. The molecular formula is C63H87ClN8O9S2. The van der Waals surface area contributed by atoms with Crippen molar-refractivity contribution < 1.29 is 43.2 Å². The van der Waals surface area contributed by atoms with Crippen LogP contribution < -0.4 is 26.2 Å². The Bertz CT molecular complexity index is 2870. The van der Waals surface area contributed by atoms with E-state index in [0.29, 0.717) is 56.6 Å². The number of ether oxygens (including phenoxy) is 4. The minimum Gasteiger partial charge on any atom is -0.507 e. The van der Waals surface area contributed by atoms with Gasteiger partial charge in [-0.2, -0.15) is 27.0 Å². The maximum Gasteiger partial charge on any atom is 0.410 e. The zero-order chi connectivity index (χ0) is 55.8. The third-order valence-corrected chi connectivity index (χ3v) is 13.6. The molecule has 17 nitrogen and oxygen atoms in total. The minimum absolute atomic E-state index is 0. The van der Waals surface area contributed by atoms with Gasteiger partial charge in [0, 0.05) is 51.2 Å². The molecule has 5 N–H and O–H groups in total. The first-order valence-electron chi connectivity index (χ1n) is 27.6. The number of alkyl carbamates (subject to hydrolysis) is 3. The first-order valence-corrected chi connectivity index (χ1v) is 27.6. The number of hydrogen-bond donors (Lipinski definition) is 5. The van der Waals surface area contributed by atoms with Crippen molar-refractivity contribution >= 4 is 80.5 Å². The fourth-order valence-electron chi connectivity index (χ4n) is 9.50. The molecule has 83 heavy (non-hydrogen) atoms. The smallest absolute Gasteiger partial charge is 0.410 e. The Morgan fingerprint density at radius 1 is 0.627 bits per heavy atom. The molecule has 0 saturated carbocycles. The molecule has 0 unspecified atom stereocenters. The third-order valence-electron chi connectivity index (χ3n) is 13.6. The molecule has 0 bridgehead atoms. The van der Waals surface area contributed by atoms with Gasteiger partial charge in [0.25, 0.3) is 0 Å². The zero-order valence-electron chi connectivity index (χ0n) is 47.6. The molecule has 3 aliphatic rings. The summed E-state index contributed by atoms with van der Waals surface area (Å²) in [6.07, 6.45) is 4.80. The monoisotopic (exact) mass is 1200 g/mol. The van der Waals surface area contributed by atoms with E-state index in [0.717, 1.165) is 90.8 Å². The highest BCUT2D eigenvalue weighted by Gasteiger charge is 2.29. The Kier molecular flexibility index (Phi) is 31.0. The number of para-hydroxylation sites is 1. The number of amides is 4. The number of likely N-dealkylation sites (tertiary alicyclic amines) is 1. The van der Waals surface area contributed by atoms with E-state index in [1.165, 1.54) is 12.8 Å². The molecule has 452 valence electrons. The normalized spacial score (nSPS) is 16.3. The van der Waals surface area contributed by atoms with Crippen LogP contribution in [-0.2, 0) is 38.8 Å². The number of aryl methyl sites for hydroxylation is 1. The molecule has 3 fully saturated rings. The molecule has 9 rings (SSSR count). The van der Waals surface area contributed by atoms with Gasteiger partial charge in [0.15, 0.2) is 5.82 Å². The van der Waals surface area contributed by atoms with Crippen LogP contribution in [0.2, 0.25) is 0 Å². The summed E-state index contributed by atoms with van der Waals surface area (Å²) in [5.41, 5.74) is 5.00. The van der Waals surface area contributed by atoms with Gasteiger partial charge < -0.3 is 55.1 Å². The van der Waals surface area contributed by atoms with Crippen LogP contribution in [0.1, 0.15) is 89.0 Å². The van der Waals surface area contributed by atoms with Crippen LogP contribution in [0, 0.1) is 24.7 Å². The highest BCUT2D eigenvalue weighted by Crippen LogP contribution is 2.34. The van der Waals surface area contributed by atoms with Crippen LogP contribution in [0.4, 0.5) is 25.0 Å². The van der Waals surface area contributed by atoms with E-state index >= 15 is 0 Å². The van der Waals surface area contributed by atoms with Crippen LogP contribution in [0.25, 0.3) is 22.3 Å². The molecule has 20 heteroatoms. The summed E-state index contributed by atoms with van der Waals surface area (Å²) in [7, 11) is 0. The number of aromatic hydroxyl groups is 1. The van der Waals surface area contributed by atoms with Gasteiger partial charge in [-0.05, 0) is 144 Å². The molecular weight excluding hydrogens is 1110 g/mol. The Labute approximate surface area is 510 Å². The van der Waals surface area contributed by atoms with E-state index in [1.54, 1.807) is 17.0 Å². The zero-order valence-corrected chi connectivity index (χ0v) is 50.4. The maximum absolute atomic E-state index is 12.3. The average molecular weight is 1200 g/mol. The molecule has 0 radical (unpaired) electrons. The number of halogens is 1. The van der Waals surface area contributed by atoms with Crippen molar-refractivity contribution in [1.29, 1.82) is 0 Å². The Morgan fingerprint density at radius 2 is 1.11 bits per heavy atom. The molecule has 5 aromatic carbocycles. The summed E-state index contributed by atoms with van der Waals surface area (Å²) < 4.78 is 21.1. The van der Waals surface area contributed by atoms with E-state index in [2.05, 4.69) is 44.4 Å². The van der Waals surface area contributed by atoms with Gasteiger partial charge in [0.1, 0.15) is 37.0 Å². The summed E-state index contributed by atoms with van der Waals surface area (Å²) in [5.74, 6) is 2.53. The first-order chi connectivity index (χ1) is 38.2. The fourth-order valence-corrected chi connectivity index (χ4v) is 9.50. The molecule has 3 saturated heterocycles. The number of aromatic nitrogens is 2. The summed E-state index contributed by atoms with van der Waals surface area (Å²) in [6.45, 7) is 15.2. The average Bonchev–Trinajstić information content (AvgIpc) is 3.03. The van der Waals surface area contributed by atoms with Crippen molar-refractivity contribution in [2.75, 3.05) is 63.8 Å². The number of carbonyl (C=O) groups excluding carboxylic acids is 4. The van der Waals surface area contributed by atoms with Gasteiger partial charge >= 0.3 is 24.4 Å². The predicted octanol–water partition coefficient (Wildman–Crippen LogP) is 12.2. The van der Waals surface area contributed by atoms with Gasteiger partial charge in [-0.3, -0.25) is 0 Å². The van der Waals surface area contributed by atoms with Crippen molar-refractivity contribution in [3.63, 3.8) is 0 Å². The number of rotatable bonds is 14. The largest absolute Gasteiger partial charge is 0.507 e. The lowest BCUT2D eigenvalue weighted by molar-refractivity contribution is 0.0166. The molecule has 6 aromatic rings. The van der Waals surface area contributed by atoms with Gasteiger partial charge in [0.05, 0.1) is 11.1 Å². The molecule has 0 spiro atoms. The number of phenolic OH excluding ortho intramolecular Hbond substituents is 1. The Hall–Kier alpha value is -6.93. The van der Waals surface area contributed by atoms with Gasteiger partial charge in [0.2, 0.25) is 0 Å². The lowest BCUT2D eigenvalue weighted by atomic mass is 9.97. The summed E-state index contributed by atoms with van der Waals surface area (Å²) in [6, 6.07) is 42.2. The van der Waals surface area contributed by atoms with Crippen LogP contribution in [0.3, 0.4) is 0 Å². The second kappa shape index (κ2) is 36.6. The highest BCUT2D eigenvalue weighted by atomic mass is 35.5. The molecule has 0 aliphatic carbocycles. The van der Waals surface area contributed by atoms with Crippen molar-refractivity contribution in [2.24, 2.45) is 17.8 Å². The molecule has 1 aromatic heterocycles. The van der Waals surface area contributed by atoms with E-state index in [4.69, 9.17) is 28.9 Å². The van der Waals surface area contributed by atoms with Gasteiger partial charge in [-0.25, -0.2) is 29.1 Å². The molecule has 4 amide bonds. The number of piperidine rings is 3. The van der Waals surface area contributed by atoms with Crippen molar-refractivity contribution in [2.45, 2.75) is 99.1 Å². The van der Waals surface area contributed by atoms with Crippen molar-refractivity contribution in [3.05, 3.63) is 156 Å². The maximum atomic E-state index is 12.3. The summed E-state index contributed by atoms with van der Waals surface area (Å²) >= 11 is 0. The van der Waals surface area contributed by atoms with Crippen molar-refractivity contribution in [3.8, 4) is 17.1 Å². The second-order valence-electron chi connectivity index (χ2n) is 21.3. The second-order valence-corrected chi connectivity index (χ2v) is 21.3. The van der Waals surface area contributed by atoms with Gasteiger partial charge in [-0.1, -0.05) is 117 Å². The van der Waals surface area contributed by atoms with Crippen LogP contribution in [0.15, 0.2) is 133 Å². The van der Waals surface area contributed by atoms with E-state index in [9.17, 15) is 24.3 Å². The molecule has 4 heterocycles. The Morgan fingerprint density at radius 3 is 1.61 bits per heavy atom. The number of benzene rings is 5. The minimum atomic E-state index is -0.497. The van der Waals surface area contributed by atoms with Gasteiger partial charge in [-0.15, -0.1) is 12.4 Å². The molecule has 3 atom stereocenters. The molecule has 3 aliphatic heterocycles. The third kappa shape index (κ3) is 24.4. The highest BCUT2D eigenvalue weighted by molar-refractivity contribution is 7.59. The summed E-state index contributed by atoms with van der Waals surface area (Å²) in [5, 5.41) is 23.3. The number of nitrogens with zero attached hydrogens (tertiary/aromatic N) is 4. The van der Waals surface area contributed by atoms with Crippen molar-refractivity contribution in [1.82, 2.24) is 36.1 Å². The predicted molar refractivity (Wildman–Crippen MR) is 341 cm³/mol. The number of nitrogens with one attached hydrogen (secondary N) is 4. The number of hydrogen-bond acceptors (Lipinski definition) is 13. The lowest BCUT2D eigenvalue weighted by Gasteiger charge is -2.34. The lowest BCUT2D eigenvalue weighted by Crippen LogP contribution is -2.45. The van der Waals surface area contributed by atoms with Crippen LogP contribution in [-0.4, -0.2) is 109 Å². The number of anilines is 1. The SMILES string of the molecule is C.CC(C)(C)OC(=O)N1CCC[C@@H](CNC(=O)OCc2ccccc2)C1.Cc1ccc2c(N3CCC[C@@H](CNC(=O)OCc4ccccc4)C3)nc(-c3ccccc3O)nc2c1.Cl.O=C(NC[C@@H]1CCCNC1)OCc1ccccc1.S.S. The van der Waals surface area contributed by atoms with E-state index in [-0.39, 0.29) is 89.8 Å². The van der Waals surface area contributed by atoms with Crippen LogP contribution in [0.5, 0.6) is 5.75 Å². The number of phenols is 1. The number of fused-ring (bicyclic) bond motifs is 1. The first kappa shape index (κ1) is 70.3. The summed E-state index contributed by atoms with van der Waals surface area (Å²) in [4.78, 5) is 61.4. The van der Waals surface area contributed by atoms with E-state index in [1.807, 2.05) is 131 Å². The fraction of sp³-hybridized carbons (Fsp3) is 0.429. The topological polar surface area (TPSA) is 206 Å². The standard InChI is InChI=1S/C29H30N4O3.C19H28N2O4.C14H20N2O2.CH4.ClH.2H2S/c1-20-13-14-23-25(16-20)31-27(24-11-5-6-12-26(24)34)32-28(23)33-15-7-10-22(18-33)17-30-29(35)36-19-21-8-3-2-4-9-21;1-19(2,3)25-18(23)21-11-7-10-16(13-21)12-20-17(22)24-14-15-8-5-4-6-9-15;17-14(16-10-13-7-4-8-15-9-13)18-11-12-5-2-1-3-6-12;;;;/h2-6,8-9,11-14,16,22,34H,7,10,15,17-19H2,1H3,(H,30,35);4-6,8-9,16H,7,10-14H2,1-3H3,(H,20,22);1-3,5-6,13,15H,4,7-11H2,(H,16,17);1H4;1H;2*1H2/t22-;16-;13-;;;;/m001..../s1. The number of carbonyl (C=O) groups is 4.